The van der Waals surface area contributed by atoms with Gasteiger partial charge >= 0.3 is 0 Å². The van der Waals surface area contributed by atoms with Crippen LogP contribution in [0, 0.1) is 16.7 Å². The molecule has 0 bridgehead atoms. The molecule has 2 unspecified atom stereocenters. The Hall–Kier alpha value is -4.42. The number of hydrogen-bond acceptors (Lipinski definition) is 0. The van der Waals surface area contributed by atoms with Crippen molar-refractivity contribution in [2.45, 2.75) is 79.1 Å². The van der Waals surface area contributed by atoms with Gasteiger partial charge in [0.1, 0.15) is 0 Å². The molecule has 0 amide bonds. The molecular formula is C49H48. The molecule has 0 radical (unpaired) electrons. The molecule has 1 fully saturated rings. The highest BCUT2D eigenvalue weighted by Gasteiger charge is 2.60. The Labute approximate surface area is 293 Å². The van der Waals surface area contributed by atoms with Crippen molar-refractivity contribution in [3.63, 3.8) is 0 Å². The smallest absolute Gasteiger partial charge is 0.0290 e. The summed E-state index contributed by atoms with van der Waals surface area (Å²) in [6.45, 7) is 13.7. The second-order valence-corrected chi connectivity index (χ2v) is 16.1. The van der Waals surface area contributed by atoms with E-state index in [9.17, 15) is 0 Å². The second kappa shape index (κ2) is 10.8. The van der Waals surface area contributed by atoms with Crippen LogP contribution < -0.4 is 10.4 Å². The fourth-order valence-electron chi connectivity index (χ4n) is 10.4. The largest absolute Gasteiger partial charge is 0.0839 e. The van der Waals surface area contributed by atoms with E-state index in [1.54, 1.807) is 11.1 Å². The van der Waals surface area contributed by atoms with Gasteiger partial charge in [-0.05, 0) is 127 Å². The van der Waals surface area contributed by atoms with Crippen LogP contribution in [0.25, 0.3) is 27.8 Å². The average Bonchev–Trinajstić information content (AvgIpc) is 3.86. The van der Waals surface area contributed by atoms with Crippen molar-refractivity contribution in [1.82, 2.24) is 0 Å². The molecule has 49 heavy (non-hydrogen) atoms. The number of hydrogen-bond donors (Lipinski definition) is 0. The molecule has 2 atom stereocenters. The number of fused-ring (bicyclic) bond motifs is 6. The molecule has 6 aliphatic carbocycles. The van der Waals surface area contributed by atoms with Crippen molar-refractivity contribution >= 4 is 16.7 Å². The fourth-order valence-corrected chi connectivity index (χ4v) is 10.4. The van der Waals surface area contributed by atoms with Crippen LogP contribution >= 0.6 is 0 Å². The van der Waals surface area contributed by atoms with Gasteiger partial charge < -0.3 is 0 Å². The third kappa shape index (κ3) is 4.22. The minimum Gasteiger partial charge on any atom is -0.0839 e. The highest BCUT2D eigenvalue weighted by molar-refractivity contribution is 5.95. The fraction of sp³-hybridized carbons (Fsp3) is 0.306. The van der Waals surface area contributed by atoms with Gasteiger partial charge in [0.2, 0.25) is 0 Å². The topological polar surface area (TPSA) is 0 Å². The molecule has 0 N–H and O–H groups in total. The quantitative estimate of drug-likeness (QED) is 0.205. The predicted molar refractivity (Wildman–Crippen MR) is 208 cm³/mol. The van der Waals surface area contributed by atoms with Crippen molar-refractivity contribution in [2.75, 3.05) is 0 Å². The molecular weight excluding hydrogens is 589 g/mol. The molecule has 0 aromatic heterocycles. The van der Waals surface area contributed by atoms with Crippen molar-refractivity contribution in [2.24, 2.45) is 16.7 Å². The summed E-state index contributed by atoms with van der Waals surface area (Å²) in [5.41, 5.74) is 19.3. The summed E-state index contributed by atoms with van der Waals surface area (Å²) < 4.78 is 0. The first-order chi connectivity index (χ1) is 23.8. The summed E-state index contributed by atoms with van der Waals surface area (Å²) in [6, 6.07) is 33.2. The van der Waals surface area contributed by atoms with Gasteiger partial charge in [0, 0.05) is 10.8 Å². The Morgan fingerprint density at radius 2 is 1.45 bits per heavy atom. The summed E-state index contributed by atoms with van der Waals surface area (Å²) in [7, 11) is 0. The van der Waals surface area contributed by atoms with E-state index in [2.05, 4.69) is 143 Å². The number of rotatable bonds is 2. The molecule has 244 valence electrons. The maximum absolute atomic E-state index is 2.59. The molecule has 0 heteroatoms. The summed E-state index contributed by atoms with van der Waals surface area (Å²) in [4.78, 5) is 0. The monoisotopic (exact) mass is 636 g/mol. The standard InChI is InChI=1S/C47H42.C2H6/c1-45(2)27-31-25-30(22-23-33(31)34-14-6-5-7-18-39(34)45)44-38-17-9-8-16-37(38)43(41-20-12-13-32-28-47(32,41)44)29-21-24-36-35-15-10-11-19-40(35)46(3,4)42(36)26-29;1-2/h6,8-17,19-26,32H,5,7,18,27-28H2,1-4H3;1-2H3. The molecule has 0 saturated heterocycles. The van der Waals surface area contributed by atoms with E-state index < -0.39 is 0 Å². The maximum atomic E-state index is 2.59. The van der Waals surface area contributed by atoms with E-state index in [-0.39, 0.29) is 16.2 Å². The first-order valence-corrected chi connectivity index (χ1v) is 18.8. The zero-order valence-electron chi connectivity index (χ0n) is 30.1. The Morgan fingerprint density at radius 3 is 2.31 bits per heavy atom. The third-order valence-corrected chi connectivity index (χ3v) is 12.7. The van der Waals surface area contributed by atoms with Crippen LogP contribution in [-0.2, 0) is 11.8 Å². The van der Waals surface area contributed by atoms with E-state index >= 15 is 0 Å². The van der Waals surface area contributed by atoms with Crippen LogP contribution in [0.5, 0.6) is 0 Å². The summed E-state index contributed by atoms with van der Waals surface area (Å²) >= 11 is 0. The van der Waals surface area contributed by atoms with Gasteiger partial charge in [0.25, 0.3) is 0 Å². The van der Waals surface area contributed by atoms with Crippen molar-refractivity contribution < 1.29 is 0 Å². The lowest BCUT2D eigenvalue weighted by atomic mass is 9.67. The molecule has 0 heterocycles. The van der Waals surface area contributed by atoms with Gasteiger partial charge in [-0.15, -0.1) is 0 Å². The van der Waals surface area contributed by atoms with Gasteiger partial charge in [-0.1, -0.05) is 156 Å². The van der Waals surface area contributed by atoms with Crippen molar-refractivity contribution in [3.8, 4) is 11.1 Å². The lowest BCUT2D eigenvalue weighted by Gasteiger charge is -2.37. The molecule has 0 aliphatic heterocycles. The molecule has 10 rings (SSSR count). The van der Waals surface area contributed by atoms with Crippen molar-refractivity contribution in [1.29, 1.82) is 0 Å². The molecule has 4 aromatic carbocycles. The van der Waals surface area contributed by atoms with E-state index in [1.165, 1.54) is 97.3 Å². The van der Waals surface area contributed by atoms with E-state index in [0.29, 0.717) is 5.92 Å². The Balaban J connectivity index is 0.00000160. The van der Waals surface area contributed by atoms with Crippen LogP contribution in [0.2, 0.25) is 0 Å². The lowest BCUT2D eigenvalue weighted by molar-refractivity contribution is 0.420. The molecule has 0 nitrogen and oxygen atoms in total. The van der Waals surface area contributed by atoms with Crippen LogP contribution in [0.4, 0.5) is 0 Å². The Bertz CT molecular complexity index is 2330. The van der Waals surface area contributed by atoms with Crippen LogP contribution in [0.3, 0.4) is 0 Å². The summed E-state index contributed by atoms with van der Waals surface area (Å²) in [5.74, 6) is 0.544. The third-order valence-electron chi connectivity index (χ3n) is 12.7. The lowest BCUT2D eigenvalue weighted by Crippen LogP contribution is -2.39. The minimum absolute atomic E-state index is 0.0205. The van der Waals surface area contributed by atoms with Gasteiger partial charge in [-0.25, -0.2) is 0 Å². The maximum Gasteiger partial charge on any atom is 0.0290 e. The van der Waals surface area contributed by atoms with Crippen molar-refractivity contribution in [3.05, 3.63) is 170 Å². The van der Waals surface area contributed by atoms with Gasteiger partial charge in [0.05, 0.1) is 0 Å². The van der Waals surface area contributed by atoms with Gasteiger partial charge in [-0.3, -0.25) is 0 Å². The number of benzene rings is 4. The zero-order chi connectivity index (χ0) is 33.7. The highest BCUT2D eigenvalue weighted by atomic mass is 14.6. The Morgan fingerprint density at radius 1 is 0.714 bits per heavy atom. The normalized spacial score (nSPS) is 24.1. The summed E-state index contributed by atoms with van der Waals surface area (Å²) in [6.07, 6.45) is 18.1. The van der Waals surface area contributed by atoms with E-state index in [1.807, 2.05) is 13.8 Å². The molecule has 6 aliphatic rings. The zero-order valence-corrected chi connectivity index (χ0v) is 30.1. The van der Waals surface area contributed by atoms with Crippen LogP contribution in [-0.4, -0.2) is 0 Å². The van der Waals surface area contributed by atoms with E-state index in [4.69, 9.17) is 0 Å². The Kier molecular flexibility index (Phi) is 6.74. The van der Waals surface area contributed by atoms with Crippen LogP contribution in [0.15, 0.2) is 126 Å². The second-order valence-electron chi connectivity index (χ2n) is 16.1. The summed E-state index contributed by atoms with van der Waals surface area (Å²) in [5, 5.41) is 2.80. The predicted octanol–water partition coefficient (Wildman–Crippen LogP) is 11.0. The first-order valence-electron chi connectivity index (χ1n) is 18.8. The molecule has 1 spiro atoms. The molecule has 1 saturated carbocycles. The first kappa shape index (κ1) is 30.6. The average molecular weight is 637 g/mol. The molecule has 4 aromatic rings. The SMILES string of the molecule is CC.CC1(C)Cc2cc(C3=c4ccccc4=C(c4ccc5c(c4)C(C)(C)c4ccccc4-5)C4=CC=CC5CC435)ccc2C2=C1CCCC=C2. The van der Waals surface area contributed by atoms with Gasteiger partial charge in [0.15, 0.2) is 0 Å². The van der Waals surface area contributed by atoms with Gasteiger partial charge in [-0.2, -0.15) is 0 Å². The van der Waals surface area contributed by atoms with Crippen LogP contribution in [0.1, 0.15) is 101 Å². The minimum atomic E-state index is -0.0205. The van der Waals surface area contributed by atoms with E-state index in [0.717, 1.165) is 6.42 Å². The number of allylic oxidation sites excluding steroid dienone is 8. The highest BCUT2D eigenvalue weighted by Crippen LogP contribution is 2.69.